The van der Waals surface area contributed by atoms with Gasteiger partial charge in [-0.25, -0.2) is 9.97 Å². The SMILES string of the molecule is CCn1ccnc1CC(O)c1ccc(OC)nc1. The summed E-state index contributed by atoms with van der Waals surface area (Å²) in [6.07, 6.45) is 5.17. The van der Waals surface area contributed by atoms with Crippen molar-refractivity contribution in [3.63, 3.8) is 0 Å². The van der Waals surface area contributed by atoms with E-state index in [0.29, 0.717) is 12.3 Å². The summed E-state index contributed by atoms with van der Waals surface area (Å²) in [6.45, 7) is 2.90. The predicted molar refractivity (Wildman–Crippen MR) is 67.4 cm³/mol. The Hall–Kier alpha value is -1.88. The van der Waals surface area contributed by atoms with Crippen LogP contribution in [0.4, 0.5) is 0 Å². The van der Waals surface area contributed by atoms with Crippen LogP contribution in [0, 0.1) is 0 Å². The number of nitrogens with zero attached hydrogens (tertiary/aromatic N) is 3. The Morgan fingerprint density at radius 3 is 2.83 bits per heavy atom. The second-order valence-corrected chi connectivity index (χ2v) is 3.98. The van der Waals surface area contributed by atoms with E-state index in [0.717, 1.165) is 17.9 Å². The quantitative estimate of drug-likeness (QED) is 0.871. The molecule has 2 aromatic rings. The minimum Gasteiger partial charge on any atom is -0.481 e. The first-order chi connectivity index (χ1) is 8.74. The molecule has 0 saturated heterocycles. The fourth-order valence-corrected chi connectivity index (χ4v) is 1.82. The highest BCUT2D eigenvalue weighted by atomic mass is 16.5. The van der Waals surface area contributed by atoms with Gasteiger partial charge in [0.1, 0.15) is 5.82 Å². The van der Waals surface area contributed by atoms with Gasteiger partial charge in [0.2, 0.25) is 5.88 Å². The van der Waals surface area contributed by atoms with Gasteiger partial charge in [-0.3, -0.25) is 0 Å². The average molecular weight is 247 g/mol. The molecule has 0 amide bonds. The fourth-order valence-electron chi connectivity index (χ4n) is 1.82. The molecule has 1 unspecified atom stereocenters. The summed E-state index contributed by atoms with van der Waals surface area (Å²) < 4.78 is 7.00. The Labute approximate surface area is 106 Å². The number of methoxy groups -OCH3 is 1. The highest BCUT2D eigenvalue weighted by molar-refractivity contribution is 5.20. The lowest BCUT2D eigenvalue weighted by Gasteiger charge is -2.11. The number of aliphatic hydroxyl groups is 1. The van der Waals surface area contributed by atoms with Gasteiger partial charge in [0, 0.05) is 37.6 Å². The number of aryl methyl sites for hydroxylation is 1. The van der Waals surface area contributed by atoms with Gasteiger partial charge in [-0.05, 0) is 18.6 Å². The molecule has 0 aliphatic carbocycles. The van der Waals surface area contributed by atoms with E-state index in [4.69, 9.17) is 4.74 Å². The third kappa shape index (κ3) is 2.68. The van der Waals surface area contributed by atoms with Gasteiger partial charge in [-0.15, -0.1) is 0 Å². The maximum Gasteiger partial charge on any atom is 0.212 e. The van der Waals surface area contributed by atoms with Crippen LogP contribution in [0.5, 0.6) is 5.88 Å². The molecular formula is C13H17N3O2. The second-order valence-electron chi connectivity index (χ2n) is 3.98. The molecule has 5 nitrogen and oxygen atoms in total. The Morgan fingerprint density at radius 2 is 2.22 bits per heavy atom. The van der Waals surface area contributed by atoms with Gasteiger partial charge < -0.3 is 14.4 Å². The van der Waals surface area contributed by atoms with E-state index in [9.17, 15) is 5.11 Å². The molecule has 5 heteroatoms. The topological polar surface area (TPSA) is 60.2 Å². The van der Waals surface area contributed by atoms with Crippen molar-refractivity contribution in [2.24, 2.45) is 0 Å². The maximum atomic E-state index is 10.1. The van der Waals surface area contributed by atoms with Crippen LogP contribution in [0.1, 0.15) is 24.4 Å². The fraction of sp³-hybridized carbons (Fsp3) is 0.385. The Bertz CT molecular complexity index is 493. The van der Waals surface area contributed by atoms with Crippen molar-refractivity contribution in [2.75, 3.05) is 7.11 Å². The normalized spacial score (nSPS) is 12.4. The monoisotopic (exact) mass is 247 g/mol. The Morgan fingerprint density at radius 1 is 1.39 bits per heavy atom. The van der Waals surface area contributed by atoms with Crippen LogP contribution in [0.3, 0.4) is 0 Å². The first-order valence-corrected chi connectivity index (χ1v) is 5.92. The van der Waals surface area contributed by atoms with Gasteiger partial charge in [-0.2, -0.15) is 0 Å². The van der Waals surface area contributed by atoms with Gasteiger partial charge in [0.15, 0.2) is 0 Å². The van der Waals surface area contributed by atoms with Crippen LogP contribution in [-0.2, 0) is 13.0 Å². The number of hydrogen-bond acceptors (Lipinski definition) is 4. The molecule has 1 atom stereocenters. The molecule has 0 bridgehead atoms. The summed E-state index contributed by atoms with van der Waals surface area (Å²) in [5, 5.41) is 10.1. The van der Waals surface area contributed by atoms with E-state index in [1.807, 2.05) is 23.8 Å². The van der Waals surface area contributed by atoms with Crippen LogP contribution in [0.15, 0.2) is 30.7 Å². The minimum absolute atomic E-state index is 0.481. The summed E-state index contributed by atoms with van der Waals surface area (Å²) >= 11 is 0. The van der Waals surface area contributed by atoms with E-state index in [1.54, 1.807) is 25.6 Å². The summed E-state index contributed by atoms with van der Waals surface area (Å²) in [6, 6.07) is 3.56. The smallest absolute Gasteiger partial charge is 0.212 e. The molecule has 0 aromatic carbocycles. The molecule has 0 fully saturated rings. The van der Waals surface area contributed by atoms with Crippen molar-refractivity contribution in [3.05, 3.63) is 42.1 Å². The third-order valence-electron chi connectivity index (χ3n) is 2.87. The van der Waals surface area contributed by atoms with Gasteiger partial charge in [0.25, 0.3) is 0 Å². The second kappa shape index (κ2) is 5.64. The van der Waals surface area contributed by atoms with Crippen LogP contribution in [0.2, 0.25) is 0 Å². The highest BCUT2D eigenvalue weighted by Gasteiger charge is 2.12. The molecule has 2 heterocycles. The zero-order valence-electron chi connectivity index (χ0n) is 10.6. The highest BCUT2D eigenvalue weighted by Crippen LogP contribution is 2.18. The first kappa shape index (κ1) is 12.6. The van der Waals surface area contributed by atoms with Crippen molar-refractivity contribution < 1.29 is 9.84 Å². The third-order valence-corrected chi connectivity index (χ3v) is 2.87. The molecule has 2 rings (SSSR count). The van der Waals surface area contributed by atoms with Crippen molar-refractivity contribution in [2.45, 2.75) is 26.0 Å². The van der Waals surface area contributed by atoms with E-state index < -0.39 is 6.10 Å². The van der Waals surface area contributed by atoms with Gasteiger partial charge in [0.05, 0.1) is 13.2 Å². The number of aromatic nitrogens is 3. The Balaban J connectivity index is 2.09. The van der Waals surface area contributed by atoms with Crippen molar-refractivity contribution in [1.29, 1.82) is 0 Å². The molecule has 1 N–H and O–H groups in total. The molecule has 0 radical (unpaired) electrons. The van der Waals surface area contributed by atoms with Gasteiger partial charge >= 0.3 is 0 Å². The molecule has 0 aliphatic heterocycles. The number of rotatable bonds is 5. The van der Waals surface area contributed by atoms with Crippen LogP contribution >= 0.6 is 0 Å². The zero-order chi connectivity index (χ0) is 13.0. The van der Waals surface area contributed by atoms with Crippen molar-refractivity contribution >= 4 is 0 Å². The molecule has 2 aromatic heterocycles. The Kier molecular flexibility index (Phi) is 3.94. The predicted octanol–water partition coefficient (Wildman–Crippen LogP) is 1.58. The van der Waals surface area contributed by atoms with Crippen LogP contribution in [0.25, 0.3) is 0 Å². The number of hydrogen-bond donors (Lipinski definition) is 1. The molecule has 0 saturated carbocycles. The largest absolute Gasteiger partial charge is 0.481 e. The minimum atomic E-state index is -0.601. The average Bonchev–Trinajstić information content (AvgIpc) is 2.86. The first-order valence-electron chi connectivity index (χ1n) is 5.92. The molecular weight excluding hydrogens is 230 g/mol. The summed E-state index contributed by atoms with van der Waals surface area (Å²) in [4.78, 5) is 8.32. The number of ether oxygens (including phenoxy) is 1. The van der Waals surface area contributed by atoms with E-state index in [2.05, 4.69) is 9.97 Å². The van der Waals surface area contributed by atoms with E-state index in [-0.39, 0.29) is 0 Å². The molecule has 0 spiro atoms. The van der Waals surface area contributed by atoms with Crippen molar-refractivity contribution in [1.82, 2.24) is 14.5 Å². The molecule has 0 aliphatic rings. The lowest BCUT2D eigenvalue weighted by Crippen LogP contribution is -2.08. The summed E-state index contributed by atoms with van der Waals surface area (Å²) in [7, 11) is 1.57. The summed E-state index contributed by atoms with van der Waals surface area (Å²) in [5.74, 6) is 1.42. The molecule has 18 heavy (non-hydrogen) atoms. The molecule has 96 valence electrons. The lowest BCUT2D eigenvalue weighted by molar-refractivity contribution is 0.174. The number of pyridine rings is 1. The van der Waals surface area contributed by atoms with Crippen LogP contribution in [-0.4, -0.2) is 26.8 Å². The van der Waals surface area contributed by atoms with Crippen LogP contribution < -0.4 is 4.74 Å². The van der Waals surface area contributed by atoms with Crippen molar-refractivity contribution in [3.8, 4) is 5.88 Å². The zero-order valence-corrected chi connectivity index (χ0v) is 10.6. The van der Waals surface area contributed by atoms with E-state index >= 15 is 0 Å². The van der Waals surface area contributed by atoms with E-state index in [1.165, 1.54) is 0 Å². The maximum absolute atomic E-state index is 10.1. The standard InChI is InChI=1S/C13H17N3O2/c1-3-16-7-6-14-12(16)8-11(17)10-4-5-13(18-2)15-9-10/h4-7,9,11,17H,3,8H2,1-2H3. The number of imidazole rings is 1. The summed E-state index contributed by atoms with van der Waals surface area (Å²) in [5.41, 5.74) is 0.765. The van der Waals surface area contributed by atoms with Gasteiger partial charge in [-0.1, -0.05) is 0 Å². The number of aliphatic hydroxyl groups excluding tert-OH is 1. The lowest BCUT2D eigenvalue weighted by atomic mass is 10.1.